The molecule has 0 saturated carbocycles. The van der Waals surface area contributed by atoms with Gasteiger partial charge in [-0.2, -0.15) is 0 Å². The molecular weight excluding hydrogens is 560 g/mol. The van der Waals surface area contributed by atoms with E-state index in [0.717, 1.165) is 22.3 Å². The van der Waals surface area contributed by atoms with Crippen LogP contribution >= 0.6 is 0 Å². The molecule has 0 amide bonds. The van der Waals surface area contributed by atoms with Gasteiger partial charge in [0.05, 0.1) is 6.54 Å². The van der Waals surface area contributed by atoms with Gasteiger partial charge in [-0.3, -0.25) is 9.59 Å². The maximum absolute atomic E-state index is 13.3. The average Bonchev–Trinajstić information content (AvgIpc) is 3.09. The highest BCUT2D eigenvalue weighted by Gasteiger charge is 2.37. The third-order valence-corrected chi connectivity index (χ3v) is 8.03. The normalized spacial score (nSPS) is 12.2. The quantitative estimate of drug-likeness (QED) is 0.115. The number of carboxylic acid groups (broad SMARTS) is 1. The van der Waals surface area contributed by atoms with E-state index < -0.39 is 11.5 Å². The lowest BCUT2D eigenvalue weighted by Gasteiger charge is -2.31. The van der Waals surface area contributed by atoms with Crippen molar-refractivity contribution in [2.75, 3.05) is 11.9 Å². The summed E-state index contributed by atoms with van der Waals surface area (Å²) in [5, 5.41) is 16.9. The molecular formula is C39H36N2O4. The Morgan fingerprint density at radius 3 is 1.98 bits per heavy atom. The lowest BCUT2D eigenvalue weighted by molar-refractivity contribution is -0.142. The van der Waals surface area contributed by atoms with Gasteiger partial charge in [0.15, 0.2) is 11.6 Å². The lowest BCUT2D eigenvalue weighted by Crippen LogP contribution is -2.48. The van der Waals surface area contributed by atoms with Gasteiger partial charge in [-0.1, -0.05) is 122 Å². The van der Waals surface area contributed by atoms with Crippen LogP contribution in [-0.4, -0.2) is 34.7 Å². The number of hydrogen-bond donors (Lipinski definition) is 3. The molecule has 0 radical (unpaired) electrons. The van der Waals surface area contributed by atoms with Crippen molar-refractivity contribution in [2.45, 2.75) is 31.8 Å². The zero-order valence-electron chi connectivity index (χ0n) is 25.2. The monoisotopic (exact) mass is 596 g/mol. The predicted molar refractivity (Wildman–Crippen MR) is 179 cm³/mol. The molecule has 0 aromatic heterocycles. The molecule has 0 spiro atoms. The summed E-state index contributed by atoms with van der Waals surface area (Å²) in [7, 11) is 0. The molecule has 0 fully saturated rings. The first-order chi connectivity index (χ1) is 21.9. The summed E-state index contributed by atoms with van der Waals surface area (Å²) in [6.45, 7) is 2.65. The standard InChI is InChI=1S/C39H36N2O4/c1-2-39(38(44)45,41-35-19-10-9-18-34(35)37(43)32-15-7-4-8-16-32)25-28-20-22-30(23-21-28)33-17-11-12-29(24-33)26-40-27-36(42)31-13-5-3-6-14-31/h3-24,40-41H,2,25-27H2,1H3,(H,44,45)/t39-/m0/s1. The fraction of sp³-hybridized carbons (Fsp3) is 0.154. The van der Waals surface area contributed by atoms with E-state index in [-0.39, 0.29) is 24.5 Å². The van der Waals surface area contributed by atoms with Crippen molar-refractivity contribution in [1.82, 2.24) is 5.32 Å². The van der Waals surface area contributed by atoms with Gasteiger partial charge in [0.2, 0.25) is 0 Å². The van der Waals surface area contributed by atoms with Crippen molar-refractivity contribution in [1.29, 1.82) is 0 Å². The highest BCUT2D eigenvalue weighted by Crippen LogP contribution is 2.29. The number of benzene rings is 5. The van der Waals surface area contributed by atoms with Crippen molar-refractivity contribution in [3.8, 4) is 11.1 Å². The molecule has 45 heavy (non-hydrogen) atoms. The van der Waals surface area contributed by atoms with Crippen LogP contribution in [0.25, 0.3) is 11.1 Å². The first-order valence-electron chi connectivity index (χ1n) is 15.1. The van der Waals surface area contributed by atoms with E-state index in [1.165, 1.54) is 0 Å². The van der Waals surface area contributed by atoms with Gasteiger partial charge in [0, 0.05) is 35.3 Å². The number of rotatable bonds is 14. The molecule has 0 unspecified atom stereocenters. The minimum Gasteiger partial charge on any atom is -0.479 e. The molecule has 1 atom stereocenters. The highest BCUT2D eigenvalue weighted by atomic mass is 16.4. The zero-order chi connectivity index (χ0) is 31.6. The predicted octanol–water partition coefficient (Wildman–Crippen LogP) is 7.45. The Morgan fingerprint density at radius 1 is 0.667 bits per heavy atom. The lowest BCUT2D eigenvalue weighted by atomic mass is 9.86. The van der Waals surface area contributed by atoms with Gasteiger partial charge in [0.1, 0.15) is 5.54 Å². The number of nitrogens with one attached hydrogen (secondary N) is 2. The molecule has 0 aliphatic carbocycles. The Balaban J connectivity index is 1.29. The molecule has 226 valence electrons. The van der Waals surface area contributed by atoms with Crippen LogP contribution in [0.15, 0.2) is 133 Å². The van der Waals surface area contributed by atoms with Crippen LogP contribution in [-0.2, 0) is 17.8 Å². The number of carbonyl (C=O) groups excluding carboxylic acids is 2. The smallest absolute Gasteiger partial charge is 0.329 e. The van der Waals surface area contributed by atoms with Crippen molar-refractivity contribution >= 4 is 23.2 Å². The zero-order valence-corrected chi connectivity index (χ0v) is 25.2. The van der Waals surface area contributed by atoms with Crippen LogP contribution in [0.3, 0.4) is 0 Å². The fourth-order valence-corrected chi connectivity index (χ4v) is 5.40. The van der Waals surface area contributed by atoms with Crippen molar-refractivity contribution in [2.24, 2.45) is 0 Å². The number of carboxylic acids is 1. The Bertz CT molecular complexity index is 1770. The number of aliphatic carboxylic acids is 1. The van der Waals surface area contributed by atoms with Crippen LogP contribution in [0, 0.1) is 0 Å². The van der Waals surface area contributed by atoms with E-state index >= 15 is 0 Å². The Kier molecular flexibility index (Phi) is 9.97. The maximum Gasteiger partial charge on any atom is 0.329 e. The number of para-hydroxylation sites is 1. The fourth-order valence-electron chi connectivity index (χ4n) is 5.40. The summed E-state index contributed by atoms with van der Waals surface area (Å²) >= 11 is 0. The Morgan fingerprint density at radius 2 is 1.31 bits per heavy atom. The molecule has 6 heteroatoms. The Hall–Kier alpha value is -5.33. The van der Waals surface area contributed by atoms with Gasteiger partial charge in [-0.05, 0) is 46.9 Å². The maximum atomic E-state index is 13.3. The van der Waals surface area contributed by atoms with E-state index in [9.17, 15) is 19.5 Å². The van der Waals surface area contributed by atoms with E-state index in [1.807, 2.05) is 97.9 Å². The van der Waals surface area contributed by atoms with Gasteiger partial charge < -0.3 is 15.7 Å². The molecule has 0 bridgehead atoms. The second-order valence-corrected chi connectivity index (χ2v) is 11.1. The second kappa shape index (κ2) is 14.4. The molecule has 5 aromatic carbocycles. The summed E-state index contributed by atoms with van der Waals surface area (Å²) in [6.07, 6.45) is 0.534. The molecule has 0 saturated heterocycles. The average molecular weight is 597 g/mol. The SMILES string of the molecule is CC[C@@](Cc1ccc(-c2cccc(CNCC(=O)c3ccccc3)c2)cc1)(Nc1ccccc1C(=O)c1ccccc1)C(=O)O. The second-order valence-electron chi connectivity index (χ2n) is 11.1. The van der Waals surface area contributed by atoms with Crippen LogP contribution < -0.4 is 10.6 Å². The molecule has 6 nitrogen and oxygen atoms in total. The number of carbonyl (C=O) groups is 3. The van der Waals surface area contributed by atoms with E-state index in [0.29, 0.717) is 35.3 Å². The van der Waals surface area contributed by atoms with Crippen LogP contribution in [0.4, 0.5) is 5.69 Å². The first kappa shape index (κ1) is 31.1. The van der Waals surface area contributed by atoms with Gasteiger partial charge in [-0.15, -0.1) is 0 Å². The summed E-state index contributed by atoms with van der Waals surface area (Å²) in [6, 6.07) is 41.3. The van der Waals surface area contributed by atoms with E-state index in [4.69, 9.17) is 0 Å². The van der Waals surface area contributed by atoms with Crippen LogP contribution in [0.2, 0.25) is 0 Å². The number of anilines is 1. The molecule has 3 N–H and O–H groups in total. The summed E-state index contributed by atoms with van der Waals surface area (Å²) in [5.41, 5.74) is 4.78. The van der Waals surface area contributed by atoms with Crippen molar-refractivity contribution in [3.05, 3.63) is 161 Å². The first-order valence-corrected chi connectivity index (χ1v) is 15.1. The summed E-state index contributed by atoms with van der Waals surface area (Å²) in [4.78, 5) is 38.5. The van der Waals surface area contributed by atoms with Gasteiger partial charge in [-0.25, -0.2) is 4.79 Å². The molecule has 0 heterocycles. The molecule has 5 aromatic rings. The topological polar surface area (TPSA) is 95.5 Å². The highest BCUT2D eigenvalue weighted by molar-refractivity contribution is 6.12. The molecule has 5 rings (SSSR count). The molecule has 0 aliphatic rings. The van der Waals surface area contributed by atoms with Gasteiger partial charge >= 0.3 is 5.97 Å². The van der Waals surface area contributed by atoms with Crippen LogP contribution in [0.5, 0.6) is 0 Å². The minimum atomic E-state index is -1.32. The number of hydrogen-bond acceptors (Lipinski definition) is 5. The van der Waals surface area contributed by atoms with Crippen molar-refractivity contribution < 1.29 is 19.5 Å². The third-order valence-electron chi connectivity index (χ3n) is 8.03. The number of ketones is 2. The van der Waals surface area contributed by atoms with Crippen molar-refractivity contribution in [3.63, 3.8) is 0 Å². The number of Topliss-reactive ketones (excluding diaryl/α,β-unsaturated/α-hetero) is 1. The third kappa shape index (κ3) is 7.61. The summed E-state index contributed by atoms with van der Waals surface area (Å²) < 4.78 is 0. The summed E-state index contributed by atoms with van der Waals surface area (Å²) in [5.74, 6) is -1.10. The Labute approximate surface area is 263 Å². The van der Waals surface area contributed by atoms with Gasteiger partial charge in [0.25, 0.3) is 0 Å². The van der Waals surface area contributed by atoms with E-state index in [2.05, 4.69) is 16.7 Å². The van der Waals surface area contributed by atoms with Crippen LogP contribution in [0.1, 0.15) is 50.8 Å². The minimum absolute atomic E-state index is 0.0487. The molecule has 0 aliphatic heterocycles. The largest absolute Gasteiger partial charge is 0.479 e. The van der Waals surface area contributed by atoms with E-state index in [1.54, 1.807) is 36.4 Å².